The van der Waals surface area contributed by atoms with Gasteiger partial charge in [-0.3, -0.25) is 33.6 Å². The maximum Gasteiger partial charge on any atom is 0.326 e. The number of carboxylic acids is 1. The van der Waals surface area contributed by atoms with E-state index in [-0.39, 0.29) is 37.4 Å². The molecule has 15 N–H and O–H groups in total. The molecule has 1 rings (SSSR count). The second-order valence-electron chi connectivity index (χ2n) is 12.3. The number of aromatic hydroxyl groups is 1. The highest BCUT2D eigenvalue weighted by Gasteiger charge is 2.35. The van der Waals surface area contributed by atoms with Crippen LogP contribution < -0.4 is 43.8 Å². The molecule has 0 heterocycles. The summed E-state index contributed by atoms with van der Waals surface area (Å²) in [7, 11) is 0. The molecular weight excluding hydrogens is 676 g/mol. The van der Waals surface area contributed by atoms with E-state index in [9.17, 15) is 58.8 Å². The Hall–Kier alpha value is -5.34. The first-order valence-corrected chi connectivity index (χ1v) is 15.9. The van der Waals surface area contributed by atoms with E-state index in [1.54, 1.807) is 13.8 Å². The third-order valence-corrected chi connectivity index (χ3v) is 7.28. The minimum atomic E-state index is -1.79. The zero-order valence-electron chi connectivity index (χ0n) is 28.5. The quantitative estimate of drug-likeness (QED) is 0.0536. The number of carbonyl (C=O) groups excluding carboxylic acids is 7. The van der Waals surface area contributed by atoms with Gasteiger partial charge in [-0.25, -0.2) is 4.79 Å². The molecule has 7 atom stereocenters. The summed E-state index contributed by atoms with van der Waals surface area (Å²) in [6.07, 6.45) is -3.03. The number of aliphatic hydroxyl groups is 2. The predicted molar refractivity (Wildman–Crippen MR) is 178 cm³/mol. The SMILES string of the molecule is CC(C)C[C@H](NC(=O)[C@@H](NC(=O)[C@H](CO)NC(=O)[C@H](CC(N)=O)NC(=O)[C@@H](N)Cc1ccc(O)cc1)[C@@H](C)O)C(=O)N[C@@H](CCC(N)=O)C(=O)O. The summed E-state index contributed by atoms with van der Waals surface area (Å²) < 4.78 is 0. The Balaban J connectivity index is 3.06. The van der Waals surface area contributed by atoms with E-state index >= 15 is 0 Å². The molecule has 0 saturated heterocycles. The number of phenolic OH excluding ortho intramolecular Hbond substituents is 1. The molecule has 0 aliphatic heterocycles. The molecule has 0 saturated carbocycles. The largest absolute Gasteiger partial charge is 0.508 e. The van der Waals surface area contributed by atoms with Gasteiger partial charge in [0.1, 0.15) is 36.0 Å². The summed E-state index contributed by atoms with van der Waals surface area (Å²) in [4.78, 5) is 99.6. The van der Waals surface area contributed by atoms with E-state index < -0.39 is 103 Å². The first-order valence-electron chi connectivity index (χ1n) is 15.9. The number of aliphatic hydroxyl groups excluding tert-OH is 2. The van der Waals surface area contributed by atoms with Crippen LogP contribution in [0.2, 0.25) is 0 Å². The number of hydrogen-bond donors (Lipinski definition) is 12. The molecule has 0 aliphatic rings. The van der Waals surface area contributed by atoms with Crippen molar-refractivity contribution in [2.45, 2.75) is 95.2 Å². The van der Waals surface area contributed by atoms with Gasteiger partial charge in [0.05, 0.1) is 25.2 Å². The number of carbonyl (C=O) groups is 8. The molecule has 0 spiro atoms. The Kier molecular flexibility index (Phi) is 18.0. The lowest BCUT2D eigenvalue weighted by Crippen LogP contribution is -2.62. The third kappa shape index (κ3) is 15.8. The van der Waals surface area contributed by atoms with Crippen LogP contribution in [0.3, 0.4) is 0 Å². The highest BCUT2D eigenvalue weighted by atomic mass is 16.4. The van der Waals surface area contributed by atoms with Gasteiger partial charge in [-0.2, -0.15) is 0 Å². The van der Waals surface area contributed by atoms with Crippen LogP contribution in [0.1, 0.15) is 52.0 Å². The van der Waals surface area contributed by atoms with Gasteiger partial charge in [-0.05, 0) is 49.8 Å². The van der Waals surface area contributed by atoms with E-state index in [0.29, 0.717) is 5.56 Å². The molecule has 20 nitrogen and oxygen atoms in total. The maximum atomic E-state index is 13.2. The number of benzene rings is 1. The molecule has 51 heavy (non-hydrogen) atoms. The van der Waals surface area contributed by atoms with Crippen LogP contribution in [-0.4, -0.2) is 117 Å². The number of nitrogens with one attached hydrogen (secondary N) is 5. The first-order chi connectivity index (χ1) is 23.7. The highest BCUT2D eigenvalue weighted by molar-refractivity contribution is 5.97. The summed E-state index contributed by atoms with van der Waals surface area (Å²) in [6.45, 7) is 3.48. The van der Waals surface area contributed by atoms with Crippen molar-refractivity contribution >= 4 is 47.3 Å². The Morgan fingerprint density at radius 2 is 1.22 bits per heavy atom. The van der Waals surface area contributed by atoms with Crippen molar-refractivity contribution in [2.24, 2.45) is 23.1 Å². The Labute approximate surface area is 293 Å². The number of hydrogen-bond acceptors (Lipinski definition) is 12. The molecule has 0 unspecified atom stereocenters. The van der Waals surface area contributed by atoms with E-state index in [0.717, 1.165) is 6.92 Å². The van der Waals surface area contributed by atoms with Crippen LogP contribution >= 0.6 is 0 Å². The summed E-state index contributed by atoms with van der Waals surface area (Å²) in [6, 6.07) is -3.51. The third-order valence-electron chi connectivity index (χ3n) is 7.28. The van der Waals surface area contributed by atoms with Gasteiger partial charge in [-0.15, -0.1) is 0 Å². The van der Waals surface area contributed by atoms with Crippen molar-refractivity contribution in [3.8, 4) is 5.75 Å². The van der Waals surface area contributed by atoms with E-state index in [2.05, 4.69) is 26.6 Å². The zero-order valence-corrected chi connectivity index (χ0v) is 28.5. The molecule has 1 aromatic carbocycles. The fourth-order valence-electron chi connectivity index (χ4n) is 4.57. The number of primary amides is 2. The van der Waals surface area contributed by atoms with Gasteiger partial charge in [0.25, 0.3) is 0 Å². The average molecular weight is 725 g/mol. The molecule has 0 bridgehead atoms. The highest BCUT2D eigenvalue weighted by Crippen LogP contribution is 2.12. The van der Waals surface area contributed by atoms with E-state index in [1.165, 1.54) is 24.3 Å². The van der Waals surface area contributed by atoms with Gasteiger partial charge >= 0.3 is 5.97 Å². The Morgan fingerprint density at radius 1 is 0.706 bits per heavy atom. The Morgan fingerprint density at radius 3 is 1.71 bits per heavy atom. The van der Waals surface area contributed by atoms with Crippen LogP contribution in [0, 0.1) is 5.92 Å². The lowest BCUT2D eigenvalue weighted by Gasteiger charge is -2.28. The fraction of sp³-hybridized carbons (Fsp3) is 0.548. The average Bonchev–Trinajstić information content (AvgIpc) is 3.03. The second kappa shape index (κ2) is 21.0. The summed E-state index contributed by atoms with van der Waals surface area (Å²) in [5.41, 5.74) is 16.8. The summed E-state index contributed by atoms with van der Waals surface area (Å²) in [5, 5.41) is 50.2. The molecule has 1 aromatic rings. The topological polar surface area (TPSA) is 356 Å². The second-order valence-corrected chi connectivity index (χ2v) is 12.3. The molecule has 7 amide bonds. The standard InChI is InChI=1S/C31H48N8O12/c1-14(2)10-20(27(46)35-19(31(50)51)8-9-23(33)43)37-30(49)25(15(3)41)39-29(48)22(13-40)38-28(47)21(12-24(34)44)36-26(45)18(32)11-16-4-6-17(42)7-5-16/h4-7,14-15,18-22,25,40-42H,8-13,32H2,1-3H3,(H2,33,43)(H2,34,44)(H,35,46)(H,36,45)(H,37,49)(H,38,47)(H,39,48)(H,50,51)/t15-,18+,19+,20+,21+,22+,25+/m1/s1. The number of nitrogens with two attached hydrogens (primary N) is 3. The molecule has 284 valence electrons. The summed E-state index contributed by atoms with van der Waals surface area (Å²) >= 11 is 0. The van der Waals surface area contributed by atoms with Crippen LogP contribution in [0.5, 0.6) is 5.75 Å². The van der Waals surface area contributed by atoms with E-state index in [1.807, 2.05) is 0 Å². The lowest BCUT2D eigenvalue weighted by molar-refractivity contribution is -0.143. The van der Waals surface area contributed by atoms with E-state index in [4.69, 9.17) is 17.2 Å². The van der Waals surface area contributed by atoms with Gasteiger partial charge in [0.15, 0.2) is 0 Å². The van der Waals surface area contributed by atoms with Crippen LogP contribution in [0.15, 0.2) is 24.3 Å². The van der Waals surface area contributed by atoms with Crippen molar-refractivity contribution < 1.29 is 58.8 Å². The number of amides is 7. The number of carboxylic acid groups (broad SMARTS) is 1. The lowest BCUT2D eigenvalue weighted by atomic mass is 10.0. The Bertz CT molecular complexity index is 1410. The number of phenols is 1. The minimum Gasteiger partial charge on any atom is -0.508 e. The van der Waals surface area contributed by atoms with Crippen molar-refractivity contribution in [3.05, 3.63) is 29.8 Å². The predicted octanol–water partition coefficient (Wildman–Crippen LogP) is -4.67. The van der Waals surface area contributed by atoms with Gasteiger partial charge in [0, 0.05) is 6.42 Å². The summed E-state index contributed by atoms with van der Waals surface area (Å²) in [5.74, 6) is -8.73. The molecular formula is C31H48N8O12. The van der Waals surface area contributed by atoms with Gasteiger partial charge in [-0.1, -0.05) is 26.0 Å². The van der Waals surface area contributed by atoms with Crippen LogP contribution in [0.25, 0.3) is 0 Å². The van der Waals surface area contributed by atoms with Crippen molar-refractivity contribution in [2.75, 3.05) is 6.61 Å². The monoisotopic (exact) mass is 724 g/mol. The molecule has 20 heteroatoms. The minimum absolute atomic E-state index is 0.0126. The van der Waals surface area contributed by atoms with Gasteiger partial charge in [0.2, 0.25) is 41.4 Å². The zero-order chi connectivity index (χ0) is 39.0. The normalized spacial score (nSPS) is 15.1. The molecule has 0 radical (unpaired) electrons. The molecule has 0 fully saturated rings. The number of aliphatic carboxylic acids is 1. The fourth-order valence-corrected chi connectivity index (χ4v) is 4.57. The smallest absolute Gasteiger partial charge is 0.326 e. The molecule has 0 aliphatic carbocycles. The van der Waals surface area contributed by atoms with Crippen molar-refractivity contribution in [1.82, 2.24) is 26.6 Å². The van der Waals surface area contributed by atoms with Crippen LogP contribution in [-0.2, 0) is 44.8 Å². The van der Waals surface area contributed by atoms with Crippen molar-refractivity contribution in [1.29, 1.82) is 0 Å². The number of rotatable bonds is 22. The van der Waals surface area contributed by atoms with Gasteiger partial charge < -0.3 is 64.2 Å². The first kappa shape index (κ1) is 43.7. The van der Waals surface area contributed by atoms with Crippen molar-refractivity contribution in [3.63, 3.8) is 0 Å². The maximum absolute atomic E-state index is 13.2. The molecule has 0 aromatic heterocycles. The van der Waals surface area contributed by atoms with Crippen LogP contribution in [0.4, 0.5) is 0 Å².